The third-order valence-electron chi connectivity index (χ3n) is 5.08. The van der Waals surface area contributed by atoms with Crippen molar-refractivity contribution in [2.45, 2.75) is 49.1 Å². The van der Waals surface area contributed by atoms with Gasteiger partial charge in [-0.3, -0.25) is 4.79 Å². The van der Waals surface area contributed by atoms with E-state index in [1.165, 1.54) is 12.1 Å². The number of alkyl halides is 3. The van der Waals surface area contributed by atoms with Crippen LogP contribution in [0.1, 0.15) is 31.4 Å². The number of likely N-dealkylation sites (tertiary alicyclic amines) is 1. The van der Waals surface area contributed by atoms with Crippen molar-refractivity contribution >= 4 is 15.7 Å². The number of pyridine rings is 1. The van der Waals surface area contributed by atoms with Gasteiger partial charge in [0.1, 0.15) is 6.10 Å². The number of carbonyl (C=O) groups excluding carboxylic acids is 1. The predicted octanol–water partition coefficient (Wildman–Crippen LogP) is 3.50. The predicted molar refractivity (Wildman–Crippen MR) is 107 cm³/mol. The highest BCUT2D eigenvalue weighted by molar-refractivity contribution is 7.92. The molecular formula is C21H23F3N2O4S. The van der Waals surface area contributed by atoms with Crippen molar-refractivity contribution in [3.63, 3.8) is 0 Å². The fourth-order valence-corrected chi connectivity index (χ4v) is 4.29. The third-order valence-corrected chi connectivity index (χ3v) is 7.25. The Bertz CT molecular complexity index is 1040. The molecule has 3 rings (SSSR count). The van der Waals surface area contributed by atoms with E-state index < -0.39 is 32.9 Å². The average molecular weight is 456 g/mol. The maximum Gasteiger partial charge on any atom is 0.416 e. The summed E-state index contributed by atoms with van der Waals surface area (Å²) in [7, 11) is -3.38. The first kappa shape index (κ1) is 23.1. The molecule has 0 saturated carbocycles. The highest BCUT2D eigenvalue weighted by atomic mass is 32.2. The Morgan fingerprint density at radius 2 is 1.90 bits per heavy atom. The average Bonchev–Trinajstić information content (AvgIpc) is 3.16. The molecule has 1 aliphatic heterocycles. The molecule has 1 amide bonds. The highest BCUT2D eigenvalue weighted by Gasteiger charge is 2.32. The molecule has 1 atom stereocenters. The van der Waals surface area contributed by atoms with Gasteiger partial charge in [-0.05, 0) is 37.6 Å². The Hall–Kier alpha value is -2.62. The zero-order chi connectivity index (χ0) is 22.8. The first-order valence-electron chi connectivity index (χ1n) is 9.77. The summed E-state index contributed by atoms with van der Waals surface area (Å²) in [4.78, 5) is 18.2. The smallest absolute Gasteiger partial charge is 0.416 e. The molecule has 1 fully saturated rings. The number of hydrogen-bond acceptors (Lipinski definition) is 5. The summed E-state index contributed by atoms with van der Waals surface area (Å²) in [6, 6.07) is 7.93. The number of amides is 1. The molecular weight excluding hydrogens is 433 g/mol. The Morgan fingerprint density at radius 3 is 2.52 bits per heavy atom. The van der Waals surface area contributed by atoms with E-state index in [1.54, 1.807) is 30.9 Å². The van der Waals surface area contributed by atoms with Gasteiger partial charge in [-0.1, -0.05) is 12.1 Å². The summed E-state index contributed by atoms with van der Waals surface area (Å²) in [5.74, 6) is -0.293. The van der Waals surface area contributed by atoms with Gasteiger partial charge < -0.3 is 9.64 Å². The van der Waals surface area contributed by atoms with E-state index in [4.69, 9.17) is 4.74 Å². The Balaban J connectivity index is 1.58. The zero-order valence-corrected chi connectivity index (χ0v) is 17.9. The van der Waals surface area contributed by atoms with Crippen LogP contribution in [-0.2, 0) is 27.2 Å². The standard InChI is InChI=1S/C21H23F3N2O4S/c1-14(2)31(28,29)18-5-3-15(4-6-18)11-20(27)26-10-8-17(13-26)30-19-12-16(7-9-25-19)21(22,23)24/h3-7,9,12,14,17H,8,10-11,13H2,1-2H3. The molecule has 2 aromatic rings. The van der Waals surface area contributed by atoms with Crippen LogP contribution in [0.2, 0.25) is 0 Å². The normalized spacial score (nSPS) is 17.2. The van der Waals surface area contributed by atoms with Gasteiger partial charge in [0.15, 0.2) is 9.84 Å². The quantitative estimate of drug-likeness (QED) is 0.665. The molecule has 168 valence electrons. The number of sulfone groups is 1. The summed E-state index contributed by atoms with van der Waals surface area (Å²) in [6.45, 7) is 3.87. The van der Waals surface area contributed by atoms with Gasteiger partial charge in [-0.25, -0.2) is 13.4 Å². The lowest BCUT2D eigenvalue weighted by Gasteiger charge is -2.17. The lowest BCUT2D eigenvalue weighted by molar-refractivity contribution is -0.137. The fourth-order valence-electron chi connectivity index (χ4n) is 3.23. The van der Waals surface area contributed by atoms with Crippen LogP contribution in [0.3, 0.4) is 0 Å². The topological polar surface area (TPSA) is 76.6 Å². The molecule has 2 heterocycles. The van der Waals surface area contributed by atoms with Gasteiger partial charge in [0.25, 0.3) is 0 Å². The van der Waals surface area contributed by atoms with E-state index in [2.05, 4.69) is 4.98 Å². The summed E-state index contributed by atoms with van der Waals surface area (Å²) in [6.07, 6.45) is -3.31. The van der Waals surface area contributed by atoms with E-state index in [-0.39, 0.29) is 29.6 Å². The number of benzene rings is 1. The molecule has 0 aliphatic carbocycles. The summed E-state index contributed by atoms with van der Waals surface area (Å²) >= 11 is 0. The van der Waals surface area contributed by atoms with Gasteiger partial charge in [-0.2, -0.15) is 13.2 Å². The van der Waals surface area contributed by atoms with Gasteiger partial charge in [0, 0.05) is 25.2 Å². The lowest BCUT2D eigenvalue weighted by Crippen LogP contribution is -2.32. The molecule has 0 bridgehead atoms. The molecule has 1 aromatic heterocycles. The maximum atomic E-state index is 12.8. The van der Waals surface area contributed by atoms with Crippen molar-refractivity contribution in [2.24, 2.45) is 0 Å². The minimum absolute atomic E-state index is 0.0938. The number of nitrogens with zero attached hydrogens (tertiary/aromatic N) is 2. The number of ether oxygens (including phenoxy) is 1. The third kappa shape index (κ3) is 5.55. The summed E-state index contributed by atoms with van der Waals surface area (Å²) in [5.41, 5.74) is -0.164. The fraction of sp³-hybridized carbons (Fsp3) is 0.429. The van der Waals surface area contributed by atoms with Crippen molar-refractivity contribution in [3.8, 4) is 5.88 Å². The van der Waals surface area contributed by atoms with Crippen LogP contribution < -0.4 is 4.74 Å². The molecule has 1 unspecified atom stereocenters. The second kappa shape index (κ2) is 8.86. The van der Waals surface area contributed by atoms with Crippen LogP contribution in [0, 0.1) is 0 Å². The van der Waals surface area contributed by atoms with Crippen LogP contribution >= 0.6 is 0 Å². The largest absolute Gasteiger partial charge is 0.472 e. The monoisotopic (exact) mass is 456 g/mol. The maximum absolute atomic E-state index is 12.8. The number of aromatic nitrogens is 1. The second-order valence-electron chi connectivity index (χ2n) is 7.66. The van der Waals surface area contributed by atoms with Gasteiger partial charge in [0.2, 0.25) is 11.8 Å². The lowest BCUT2D eigenvalue weighted by atomic mass is 10.1. The number of carbonyl (C=O) groups is 1. The van der Waals surface area contributed by atoms with Crippen LogP contribution in [0.4, 0.5) is 13.2 Å². The first-order chi connectivity index (χ1) is 14.5. The Kier molecular flexibility index (Phi) is 6.59. The SMILES string of the molecule is CC(C)S(=O)(=O)c1ccc(CC(=O)N2CCC(Oc3cc(C(F)(F)F)ccn3)C2)cc1. The molecule has 1 aromatic carbocycles. The molecule has 6 nitrogen and oxygen atoms in total. The molecule has 1 aliphatic rings. The zero-order valence-electron chi connectivity index (χ0n) is 17.1. The van der Waals surface area contributed by atoms with E-state index in [0.717, 1.165) is 18.3 Å². The van der Waals surface area contributed by atoms with E-state index in [0.29, 0.717) is 18.5 Å². The highest BCUT2D eigenvalue weighted by Crippen LogP contribution is 2.31. The van der Waals surface area contributed by atoms with Crippen molar-refractivity contribution in [1.82, 2.24) is 9.88 Å². The molecule has 0 radical (unpaired) electrons. The van der Waals surface area contributed by atoms with Gasteiger partial charge >= 0.3 is 6.18 Å². The van der Waals surface area contributed by atoms with Crippen LogP contribution in [-0.4, -0.2) is 48.7 Å². The number of rotatable bonds is 6. The van der Waals surface area contributed by atoms with Crippen molar-refractivity contribution < 1.29 is 31.1 Å². The molecule has 0 spiro atoms. The van der Waals surface area contributed by atoms with Crippen LogP contribution in [0.25, 0.3) is 0 Å². The van der Waals surface area contributed by atoms with Gasteiger partial charge in [0.05, 0.1) is 28.7 Å². The van der Waals surface area contributed by atoms with Crippen LogP contribution in [0.15, 0.2) is 47.5 Å². The van der Waals surface area contributed by atoms with Crippen molar-refractivity contribution in [2.75, 3.05) is 13.1 Å². The summed E-state index contributed by atoms with van der Waals surface area (Å²) in [5, 5.41) is -0.534. The minimum Gasteiger partial charge on any atom is -0.472 e. The second-order valence-corrected chi connectivity index (χ2v) is 10.2. The van der Waals surface area contributed by atoms with Crippen molar-refractivity contribution in [3.05, 3.63) is 53.7 Å². The minimum atomic E-state index is -4.48. The number of halogens is 3. The molecule has 10 heteroatoms. The molecule has 0 N–H and O–H groups in total. The number of hydrogen-bond donors (Lipinski definition) is 0. The van der Waals surface area contributed by atoms with E-state index >= 15 is 0 Å². The first-order valence-corrected chi connectivity index (χ1v) is 11.3. The van der Waals surface area contributed by atoms with Gasteiger partial charge in [-0.15, -0.1) is 0 Å². The van der Waals surface area contributed by atoms with Crippen molar-refractivity contribution in [1.29, 1.82) is 0 Å². The summed E-state index contributed by atoms with van der Waals surface area (Å²) < 4.78 is 68.4. The molecule has 1 saturated heterocycles. The van der Waals surface area contributed by atoms with Crippen LogP contribution in [0.5, 0.6) is 5.88 Å². The Labute approximate surface area is 179 Å². The Morgan fingerprint density at radius 1 is 1.23 bits per heavy atom. The van der Waals surface area contributed by atoms with E-state index in [1.807, 2.05) is 0 Å². The van der Waals surface area contributed by atoms with E-state index in [9.17, 15) is 26.4 Å². The molecule has 31 heavy (non-hydrogen) atoms.